The molecule has 0 aromatic carbocycles. The summed E-state index contributed by atoms with van der Waals surface area (Å²) in [6.07, 6.45) is 6.77. The molecule has 8 nitrogen and oxygen atoms in total. The molecule has 2 fully saturated rings. The minimum Gasteiger partial charge on any atom is -0.481 e. The largest absolute Gasteiger partial charge is 0.481 e. The molecule has 27 heavy (non-hydrogen) atoms. The number of methoxy groups -OCH3 is 1. The van der Waals surface area contributed by atoms with Gasteiger partial charge < -0.3 is 19.7 Å². The number of pyridine rings is 1. The Morgan fingerprint density at radius 3 is 3.04 bits per heavy atom. The van der Waals surface area contributed by atoms with Crippen molar-refractivity contribution in [3.05, 3.63) is 42.5 Å². The number of nitrogens with one attached hydrogen (secondary N) is 1. The number of aromatic nitrogens is 3. The van der Waals surface area contributed by atoms with E-state index in [0.29, 0.717) is 30.5 Å². The molecular weight excluding hydrogens is 346 g/mol. The summed E-state index contributed by atoms with van der Waals surface area (Å²) in [5, 5.41) is 2.98. The first kappa shape index (κ1) is 17.7. The van der Waals surface area contributed by atoms with E-state index in [1.165, 1.54) is 6.33 Å². The van der Waals surface area contributed by atoms with Crippen LogP contribution in [-0.4, -0.2) is 59.8 Å². The zero-order valence-corrected chi connectivity index (χ0v) is 15.3. The zero-order valence-electron chi connectivity index (χ0n) is 15.3. The number of ether oxygens (including phenoxy) is 2. The third-order valence-corrected chi connectivity index (χ3v) is 5.23. The number of carbonyl (C=O) groups is 1. The lowest BCUT2D eigenvalue weighted by atomic mass is 9.83. The average Bonchev–Trinajstić information content (AvgIpc) is 2.71. The molecule has 1 amide bonds. The second-order valence-electron chi connectivity index (χ2n) is 7.13. The predicted molar refractivity (Wildman–Crippen MR) is 98.8 cm³/mol. The smallest absolute Gasteiger partial charge is 0.252 e. The van der Waals surface area contributed by atoms with Crippen LogP contribution in [0.25, 0.3) is 0 Å². The molecule has 1 spiro atoms. The Morgan fingerprint density at radius 1 is 1.44 bits per heavy atom. The highest BCUT2D eigenvalue weighted by molar-refractivity contribution is 5.93. The maximum atomic E-state index is 12.1. The van der Waals surface area contributed by atoms with E-state index in [2.05, 4.69) is 25.2 Å². The van der Waals surface area contributed by atoms with Crippen molar-refractivity contribution in [1.82, 2.24) is 20.3 Å². The second-order valence-corrected chi connectivity index (χ2v) is 7.13. The van der Waals surface area contributed by atoms with Crippen LogP contribution in [-0.2, 0) is 4.74 Å². The van der Waals surface area contributed by atoms with Crippen molar-refractivity contribution < 1.29 is 14.3 Å². The summed E-state index contributed by atoms with van der Waals surface area (Å²) < 4.78 is 11.3. The van der Waals surface area contributed by atoms with Crippen molar-refractivity contribution in [3.63, 3.8) is 0 Å². The molecule has 0 aliphatic carbocycles. The Labute approximate surface area is 157 Å². The highest BCUT2D eigenvalue weighted by atomic mass is 16.5. The van der Waals surface area contributed by atoms with Gasteiger partial charge in [-0.25, -0.2) is 9.97 Å². The molecule has 1 atom stereocenters. The van der Waals surface area contributed by atoms with E-state index in [-0.39, 0.29) is 11.5 Å². The minimum atomic E-state index is -0.0952. The van der Waals surface area contributed by atoms with Gasteiger partial charge in [-0.1, -0.05) is 0 Å². The molecule has 0 radical (unpaired) electrons. The van der Waals surface area contributed by atoms with Crippen LogP contribution < -0.4 is 15.0 Å². The van der Waals surface area contributed by atoms with Crippen LogP contribution in [0.15, 0.2) is 36.9 Å². The topological polar surface area (TPSA) is 89.5 Å². The summed E-state index contributed by atoms with van der Waals surface area (Å²) in [5.41, 5.74) is 0.489. The van der Waals surface area contributed by atoms with Gasteiger partial charge in [-0.2, -0.15) is 0 Å². The van der Waals surface area contributed by atoms with Gasteiger partial charge in [-0.05, 0) is 30.9 Å². The van der Waals surface area contributed by atoms with Gasteiger partial charge in [0.05, 0.1) is 32.4 Å². The summed E-state index contributed by atoms with van der Waals surface area (Å²) in [6, 6.07) is 5.37. The summed E-state index contributed by atoms with van der Waals surface area (Å²) in [5.74, 6) is 1.68. The van der Waals surface area contributed by atoms with Crippen LogP contribution in [0.2, 0.25) is 0 Å². The highest BCUT2D eigenvalue weighted by Gasteiger charge is 2.47. The van der Waals surface area contributed by atoms with Crippen LogP contribution in [0.1, 0.15) is 23.2 Å². The van der Waals surface area contributed by atoms with Gasteiger partial charge in [-0.3, -0.25) is 9.78 Å². The van der Waals surface area contributed by atoms with Crippen LogP contribution in [0.4, 0.5) is 5.82 Å². The predicted octanol–water partition coefficient (Wildman–Crippen LogP) is 1.30. The van der Waals surface area contributed by atoms with Crippen molar-refractivity contribution in [2.45, 2.75) is 18.4 Å². The SMILES string of the molecule is COc1cc(N2CC3(CCC(CNC(=O)c4cccnc4)CO3)C2)ncn1. The van der Waals surface area contributed by atoms with Crippen LogP contribution in [0.3, 0.4) is 0 Å². The number of carbonyl (C=O) groups excluding carboxylic acids is 1. The third-order valence-electron chi connectivity index (χ3n) is 5.23. The maximum absolute atomic E-state index is 12.1. The van der Waals surface area contributed by atoms with E-state index in [4.69, 9.17) is 9.47 Å². The summed E-state index contributed by atoms with van der Waals surface area (Å²) in [6.45, 7) is 2.93. The van der Waals surface area contributed by atoms with Gasteiger partial charge in [0, 0.05) is 25.0 Å². The quantitative estimate of drug-likeness (QED) is 0.849. The lowest BCUT2D eigenvalue weighted by molar-refractivity contribution is -0.115. The average molecular weight is 369 g/mol. The highest BCUT2D eigenvalue weighted by Crippen LogP contribution is 2.38. The molecule has 2 aliphatic heterocycles. The van der Waals surface area contributed by atoms with Crippen LogP contribution in [0.5, 0.6) is 5.88 Å². The Hall–Kier alpha value is -2.74. The van der Waals surface area contributed by atoms with Crippen molar-refractivity contribution >= 4 is 11.7 Å². The molecule has 0 saturated carbocycles. The summed E-state index contributed by atoms with van der Waals surface area (Å²) in [4.78, 5) is 26.6. The Bertz CT molecular complexity index is 785. The molecule has 4 rings (SSSR count). The van der Waals surface area contributed by atoms with Crippen LogP contribution in [0, 0.1) is 5.92 Å². The van der Waals surface area contributed by atoms with E-state index in [1.807, 2.05) is 6.07 Å². The van der Waals surface area contributed by atoms with Crippen molar-refractivity contribution in [2.24, 2.45) is 5.92 Å². The Kier molecular flexibility index (Phi) is 4.89. The van der Waals surface area contributed by atoms with Gasteiger partial charge >= 0.3 is 0 Å². The summed E-state index contributed by atoms with van der Waals surface area (Å²) in [7, 11) is 1.60. The monoisotopic (exact) mass is 369 g/mol. The molecule has 2 aliphatic rings. The summed E-state index contributed by atoms with van der Waals surface area (Å²) >= 11 is 0. The fraction of sp³-hybridized carbons (Fsp3) is 0.474. The molecule has 0 bridgehead atoms. The van der Waals surface area contributed by atoms with Gasteiger partial charge in [0.15, 0.2) is 0 Å². The number of hydrogen-bond acceptors (Lipinski definition) is 7. The lowest BCUT2D eigenvalue weighted by Crippen LogP contribution is -2.65. The van der Waals surface area contributed by atoms with E-state index < -0.39 is 0 Å². The molecular formula is C19H23N5O3. The van der Waals surface area contributed by atoms with Crippen molar-refractivity contribution in [2.75, 3.05) is 38.3 Å². The van der Waals surface area contributed by atoms with Gasteiger partial charge in [-0.15, -0.1) is 0 Å². The van der Waals surface area contributed by atoms with E-state index >= 15 is 0 Å². The Balaban J connectivity index is 1.23. The van der Waals surface area contributed by atoms with E-state index in [9.17, 15) is 4.79 Å². The van der Waals surface area contributed by atoms with Gasteiger partial charge in [0.25, 0.3) is 5.91 Å². The molecule has 4 heterocycles. The molecule has 8 heteroatoms. The van der Waals surface area contributed by atoms with Gasteiger partial charge in [0.1, 0.15) is 17.7 Å². The normalized spacial score (nSPS) is 20.8. The van der Waals surface area contributed by atoms with Crippen molar-refractivity contribution in [1.29, 1.82) is 0 Å². The number of amides is 1. The number of nitrogens with zero attached hydrogens (tertiary/aromatic N) is 4. The molecule has 2 aromatic heterocycles. The second kappa shape index (κ2) is 7.48. The lowest BCUT2D eigenvalue weighted by Gasteiger charge is -2.53. The number of rotatable bonds is 5. The van der Waals surface area contributed by atoms with Gasteiger partial charge in [0.2, 0.25) is 5.88 Å². The number of anilines is 1. The fourth-order valence-electron chi connectivity index (χ4n) is 3.59. The first-order chi connectivity index (χ1) is 13.2. The zero-order chi connectivity index (χ0) is 18.7. The third kappa shape index (κ3) is 3.85. The fourth-order valence-corrected chi connectivity index (χ4v) is 3.59. The first-order valence-electron chi connectivity index (χ1n) is 9.11. The Morgan fingerprint density at radius 2 is 2.33 bits per heavy atom. The molecule has 1 N–H and O–H groups in total. The molecule has 1 unspecified atom stereocenters. The van der Waals surface area contributed by atoms with Crippen molar-refractivity contribution in [3.8, 4) is 5.88 Å². The molecule has 142 valence electrons. The maximum Gasteiger partial charge on any atom is 0.252 e. The molecule has 2 saturated heterocycles. The minimum absolute atomic E-state index is 0.0871. The molecule has 2 aromatic rings. The van der Waals surface area contributed by atoms with E-state index in [0.717, 1.165) is 31.7 Å². The number of hydrogen-bond donors (Lipinski definition) is 1. The van der Waals surface area contributed by atoms with E-state index in [1.54, 1.807) is 31.6 Å². The first-order valence-corrected chi connectivity index (χ1v) is 9.11. The van der Waals surface area contributed by atoms with Crippen LogP contribution >= 0.6 is 0 Å². The standard InChI is InChI=1S/C19H23N5O3/c1-26-17-7-16(22-13-23-17)24-11-19(12-24)5-4-14(10-27-19)8-21-18(25)15-3-2-6-20-9-15/h2-3,6-7,9,13-14H,4-5,8,10-12H2,1H3,(H,21,25).